The second kappa shape index (κ2) is 5.52. The van der Waals surface area contributed by atoms with Gasteiger partial charge in [0.05, 0.1) is 6.17 Å². The van der Waals surface area contributed by atoms with Crippen LogP contribution in [0.25, 0.3) is 0 Å². The molecule has 11 heavy (non-hydrogen) atoms. The van der Waals surface area contributed by atoms with Crippen molar-refractivity contribution >= 4 is 0 Å². The Morgan fingerprint density at radius 3 is 2.09 bits per heavy atom. The van der Waals surface area contributed by atoms with E-state index < -0.39 is 0 Å². The van der Waals surface area contributed by atoms with Gasteiger partial charge in [-0.2, -0.15) is 0 Å². The van der Waals surface area contributed by atoms with E-state index in [1.807, 2.05) is 7.05 Å². The fourth-order valence-corrected chi connectivity index (χ4v) is 1.15. The summed E-state index contributed by atoms with van der Waals surface area (Å²) in [5, 5.41) is 2.97. The predicted octanol–water partition coefficient (Wildman–Crippen LogP) is 0.254. The zero-order valence-corrected chi connectivity index (χ0v) is 7.80. The van der Waals surface area contributed by atoms with E-state index >= 15 is 0 Å². The summed E-state index contributed by atoms with van der Waals surface area (Å²) in [4.78, 5) is 0. The molecule has 2 unspecified atom stereocenters. The molecule has 0 aliphatic heterocycles. The summed E-state index contributed by atoms with van der Waals surface area (Å²) in [6, 6.07) is 0.234. The number of hydrogen-bond acceptors (Lipinski definition) is 3. The predicted molar refractivity (Wildman–Crippen MR) is 49.1 cm³/mol. The number of rotatable bonds is 5. The van der Waals surface area contributed by atoms with Gasteiger partial charge in [-0.05, 0) is 25.8 Å². The largest absolute Gasteiger partial charge is 0.328 e. The van der Waals surface area contributed by atoms with Crippen molar-refractivity contribution in [1.29, 1.82) is 0 Å². The van der Waals surface area contributed by atoms with Crippen LogP contribution < -0.4 is 16.8 Å². The second-order valence-corrected chi connectivity index (χ2v) is 3.52. The van der Waals surface area contributed by atoms with Crippen molar-refractivity contribution in [3.05, 3.63) is 0 Å². The summed E-state index contributed by atoms with van der Waals surface area (Å²) in [6.45, 7) is 4.34. The van der Waals surface area contributed by atoms with Crippen LogP contribution in [-0.2, 0) is 0 Å². The fraction of sp³-hybridized carbons (Fsp3) is 1.00. The number of hydrogen-bond donors (Lipinski definition) is 3. The molecule has 0 bridgehead atoms. The molecule has 3 heteroatoms. The summed E-state index contributed by atoms with van der Waals surface area (Å²) in [5.74, 6) is 0.661. The van der Waals surface area contributed by atoms with Crippen LogP contribution in [0.15, 0.2) is 0 Å². The van der Waals surface area contributed by atoms with E-state index in [0.717, 1.165) is 12.8 Å². The minimum atomic E-state index is 0.0451. The lowest BCUT2D eigenvalue weighted by atomic mass is 10.0. The minimum absolute atomic E-state index is 0.0451. The van der Waals surface area contributed by atoms with Crippen molar-refractivity contribution in [2.45, 2.75) is 38.9 Å². The molecule has 0 radical (unpaired) electrons. The first-order valence-corrected chi connectivity index (χ1v) is 4.24. The van der Waals surface area contributed by atoms with Crippen molar-refractivity contribution in [2.24, 2.45) is 17.4 Å². The van der Waals surface area contributed by atoms with E-state index in [1.54, 1.807) is 0 Å². The summed E-state index contributed by atoms with van der Waals surface area (Å²) in [5.41, 5.74) is 11.5. The van der Waals surface area contributed by atoms with Crippen LogP contribution in [0.3, 0.4) is 0 Å². The van der Waals surface area contributed by atoms with Gasteiger partial charge in [0.25, 0.3) is 0 Å². The van der Waals surface area contributed by atoms with Crippen molar-refractivity contribution in [1.82, 2.24) is 5.32 Å². The Morgan fingerprint density at radius 2 is 1.73 bits per heavy atom. The highest BCUT2D eigenvalue weighted by atomic mass is 15.0. The van der Waals surface area contributed by atoms with Crippen molar-refractivity contribution in [3.8, 4) is 0 Å². The monoisotopic (exact) mass is 159 g/mol. The SMILES string of the molecule is CNC(N)CC(N)CC(C)C. The van der Waals surface area contributed by atoms with Gasteiger partial charge in [0.1, 0.15) is 0 Å². The summed E-state index contributed by atoms with van der Waals surface area (Å²) < 4.78 is 0. The topological polar surface area (TPSA) is 64.1 Å². The van der Waals surface area contributed by atoms with Crippen LogP contribution in [-0.4, -0.2) is 19.3 Å². The lowest BCUT2D eigenvalue weighted by Gasteiger charge is -2.17. The molecule has 2 atom stereocenters. The molecule has 0 rings (SSSR count). The Morgan fingerprint density at radius 1 is 1.18 bits per heavy atom. The maximum atomic E-state index is 5.83. The Balaban J connectivity index is 3.43. The highest BCUT2D eigenvalue weighted by Crippen LogP contribution is 2.05. The van der Waals surface area contributed by atoms with Gasteiger partial charge in [-0.25, -0.2) is 0 Å². The second-order valence-electron chi connectivity index (χ2n) is 3.52. The quantitative estimate of drug-likeness (QED) is 0.504. The van der Waals surface area contributed by atoms with Gasteiger partial charge in [0, 0.05) is 6.04 Å². The van der Waals surface area contributed by atoms with Crippen LogP contribution >= 0.6 is 0 Å². The first kappa shape index (κ1) is 10.9. The van der Waals surface area contributed by atoms with Crippen molar-refractivity contribution in [2.75, 3.05) is 7.05 Å². The molecule has 0 aliphatic carbocycles. The lowest BCUT2D eigenvalue weighted by molar-refractivity contribution is 0.416. The van der Waals surface area contributed by atoms with E-state index in [0.29, 0.717) is 5.92 Å². The van der Waals surface area contributed by atoms with Gasteiger partial charge in [-0.3, -0.25) is 0 Å². The summed E-state index contributed by atoms with van der Waals surface area (Å²) in [7, 11) is 1.85. The Bertz CT molecular complexity index is 93.3. The average Bonchev–Trinajstić information content (AvgIpc) is 1.85. The standard InChI is InChI=1S/C8H21N3/c1-6(2)4-7(9)5-8(10)11-3/h6-8,11H,4-5,9-10H2,1-3H3. The first-order valence-electron chi connectivity index (χ1n) is 4.24. The molecule has 5 N–H and O–H groups in total. The molecule has 0 aliphatic rings. The molecule has 0 spiro atoms. The molecule has 0 saturated heterocycles. The van der Waals surface area contributed by atoms with Crippen LogP contribution in [0, 0.1) is 5.92 Å². The molecular weight excluding hydrogens is 138 g/mol. The zero-order valence-electron chi connectivity index (χ0n) is 7.80. The van der Waals surface area contributed by atoms with Crippen LogP contribution in [0.1, 0.15) is 26.7 Å². The van der Waals surface area contributed by atoms with Gasteiger partial charge < -0.3 is 16.8 Å². The highest BCUT2D eigenvalue weighted by molar-refractivity contribution is 4.68. The van der Waals surface area contributed by atoms with Gasteiger partial charge >= 0.3 is 0 Å². The number of nitrogens with one attached hydrogen (secondary N) is 1. The van der Waals surface area contributed by atoms with Gasteiger partial charge in [-0.15, -0.1) is 0 Å². The molecular formula is C8H21N3. The Labute approximate surface area is 69.5 Å². The molecule has 0 aromatic carbocycles. The molecule has 0 aromatic heterocycles. The van der Waals surface area contributed by atoms with Crippen molar-refractivity contribution in [3.63, 3.8) is 0 Å². The third-order valence-corrected chi connectivity index (χ3v) is 1.70. The Kier molecular flexibility index (Phi) is 5.46. The van der Waals surface area contributed by atoms with Gasteiger partial charge in [0.15, 0.2) is 0 Å². The average molecular weight is 159 g/mol. The molecule has 3 nitrogen and oxygen atoms in total. The molecule has 0 saturated carbocycles. The van der Waals surface area contributed by atoms with E-state index in [9.17, 15) is 0 Å². The zero-order chi connectivity index (χ0) is 8.85. The summed E-state index contributed by atoms with van der Waals surface area (Å²) in [6.07, 6.45) is 1.95. The smallest absolute Gasteiger partial charge is 0.0558 e. The molecule has 0 fully saturated rings. The third kappa shape index (κ3) is 6.28. The van der Waals surface area contributed by atoms with Gasteiger partial charge in [0.2, 0.25) is 0 Å². The normalized spacial score (nSPS) is 16.9. The first-order chi connectivity index (χ1) is 5.06. The van der Waals surface area contributed by atoms with E-state index in [4.69, 9.17) is 11.5 Å². The van der Waals surface area contributed by atoms with E-state index in [2.05, 4.69) is 19.2 Å². The maximum Gasteiger partial charge on any atom is 0.0558 e. The van der Waals surface area contributed by atoms with E-state index in [-0.39, 0.29) is 12.2 Å². The number of nitrogens with two attached hydrogens (primary N) is 2. The van der Waals surface area contributed by atoms with Crippen LogP contribution in [0.5, 0.6) is 0 Å². The van der Waals surface area contributed by atoms with E-state index in [1.165, 1.54) is 0 Å². The molecule has 68 valence electrons. The molecule has 0 aromatic rings. The molecule has 0 amide bonds. The van der Waals surface area contributed by atoms with Crippen molar-refractivity contribution < 1.29 is 0 Å². The highest BCUT2D eigenvalue weighted by Gasteiger charge is 2.08. The maximum absolute atomic E-state index is 5.83. The lowest BCUT2D eigenvalue weighted by Crippen LogP contribution is -2.40. The summed E-state index contributed by atoms with van der Waals surface area (Å²) >= 11 is 0. The van der Waals surface area contributed by atoms with Crippen LogP contribution in [0.2, 0.25) is 0 Å². The van der Waals surface area contributed by atoms with Gasteiger partial charge in [-0.1, -0.05) is 13.8 Å². The third-order valence-electron chi connectivity index (χ3n) is 1.70. The minimum Gasteiger partial charge on any atom is -0.328 e. The molecule has 0 heterocycles. The fourth-order valence-electron chi connectivity index (χ4n) is 1.15. The van der Waals surface area contributed by atoms with Crippen LogP contribution in [0.4, 0.5) is 0 Å². The Hall–Kier alpha value is -0.120.